The highest BCUT2D eigenvalue weighted by Crippen LogP contribution is 2.39. The quantitative estimate of drug-likeness (QED) is 0.105. The molecule has 0 aliphatic carbocycles. The molecule has 0 aliphatic heterocycles. The van der Waals surface area contributed by atoms with Gasteiger partial charge in [0, 0.05) is 5.56 Å². The van der Waals surface area contributed by atoms with Gasteiger partial charge in [-0.25, -0.2) is 4.79 Å². The zero-order valence-electron chi connectivity index (χ0n) is 19.6. The number of hydrogen-bond donors (Lipinski definition) is 0. The lowest BCUT2D eigenvalue weighted by Gasteiger charge is -2.19. The van der Waals surface area contributed by atoms with Gasteiger partial charge in [0.15, 0.2) is 0 Å². The molecule has 0 aromatic heterocycles. The Hall–Kier alpha value is -3.82. The summed E-state index contributed by atoms with van der Waals surface area (Å²) in [6.07, 6.45) is 0.827. The van der Waals surface area contributed by atoms with Crippen molar-refractivity contribution in [2.24, 2.45) is 0 Å². The Balaban J connectivity index is 1.77. The number of halogens is 1. The smallest absolute Gasteiger partial charge is 0.343 e. The van der Waals surface area contributed by atoms with Gasteiger partial charge in [-0.2, -0.15) is 0 Å². The summed E-state index contributed by atoms with van der Waals surface area (Å²) >= 11 is 5.91. The number of hydrogen-bond acceptors (Lipinski definition) is 3. The number of para-hydroxylation sites is 1. The molecule has 35 heavy (non-hydrogen) atoms. The van der Waals surface area contributed by atoms with Crippen LogP contribution in [-0.2, 0) is 0 Å². The topological polar surface area (TPSA) is 35.5 Å². The molecule has 4 heteroatoms. The molecular formula is C31H27ClO3. The Morgan fingerprint density at radius 1 is 0.714 bits per heavy atom. The minimum atomic E-state index is -0.382. The standard InChI is InChI=1S/C31H27ClO3/c1-2-27(23-11-5-3-6-12-23)30(28-15-9-10-16-29(28)34-22-21-32)24-17-19-26(20-18-24)35-31(33)25-13-7-4-8-14-25/h3-20H,2,21-22H2,1H3/b30-27-. The minimum absolute atomic E-state index is 0.382. The maximum absolute atomic E-state index is 12.5. The fourth-order valence-electron chi connectivity index (χ4n) is 4.03. The van der Waals surface area contributed by atoms with Crippen LogP contribution in [0, 0.1) is 0 Å². The van der Waals surface area contributed by atoms with Crippen molar-refractivity contribution in [3.05, 3.63) is 131 Å². The molecule has 0 unspecified atom stereocenters. The first kappa shape index (κ1) is 24.3. The van der Waals surface area contributed by atoms with Crippen molar-refractivity contribution in [2.45, 2.75) is 13.3 Å². The van der Waals surface area contributed by atoms with Gasteiger partial charge >= 0.3 is 5.97 Å². The number of benzene rings is 4. The largest absolute Gasteiger partial charge is 0.492 e. The van der Waals surface area contributed by atoms with Crippen molar-refractivity contribution in [3.8, 4) is 11.5 Å². The number of carbonyl (C=O) groups excluding carboxylic acids is 1. The van der Waals surface area contributed by atoms with Crippen LogP contribution in [0.1, 0.15) is 40.4 Å². The summed E-state index contributed by atoms with van der Waals surface area (Å²) in [6, 6.07) is 35.0. The average Bonchev–Trinajstić information content (AvgIpc) is 2.92. The van der Waals surface area contributed by atoms with E-state index in [0.29, 0.717) is 23.8 Å². The molecule has 176 valence electrons. The molecular weight excluding hydrogens is 456 g/mol. The van der Waals surface area contributed by atoms with Crippen molar-refractivity contribution in [2.75, 3.05) is 12.5 Å². The Morgan fingerprint density at radius 3 is 1.94 bits per heavy atom. The summed E-state index contributed by atoms with van der Waals surface area (Å²) in [4.78, 5) is 12.5. The number of ether oxygens (including phenoxy) is 2. The summed E-state index contributed by atoms with van der Waals surface area (Å²) in [5, 5.41) is 0. The van der Waals surface area contributed by atoms with Gasteiger partial charge in [0.25, 0.3) is 0 Å². The Kier molecular flexibility index (Phi) is 8.37. The van der Waals surface area contributed by atoms with E-state index in [9.17, 15) is 4.79 Å². The van der Waals surface area contributed by atoms with Gasteiger partial charge in [-0.15, -0.1) is 11.6 Å². The molecule has 0 saturated carbocycles. The van der Waals surface area contributed by atoms with E-state index in [1.807, 2.05) is 78.9 Å². The Labute approximate surface area is 211 Å². The first-order valence-corrected chi connectivity index (χ1v) is 12.2. The van der Waals surface area contributed by atoms with Crippen molar-refractivity contribution in [1.29, 1.82) is 0 Å². The lowest BCUT2D eigenvalue weighted by atomic mass is 9.88. The Morgan fingerprint density at radius 2 is 1.31 bits per heavy atom. The van der Waals surface area contributed by atoms with E-state index in [-0.39, 0.29) is 5.97 Å². The van der Waals surface area contributed by atoms with Crippen LogP contribution in [0.4, 0.5) is 0 Å². The molecule has 0 N–H and O–H groups in total. The van der Waals surface area contributed by atoms with Gasteiger partial charge in [0.05, 0.1) is 11.4 Å². The summed E-state index contributed by atoms with van der Waals surface area (Å²) in [5.41, 5.74) is 5.93. The van der Waals surface area contributed by atoms with Crippen molar-refractivity contribution < 1.29 is 14.3 Å². The SMILES string of the molecule is CC/C(=C(\c1ccc(OC(=O)c2ccccc2)cc1)c1ccccc1OCCCl)c1ccccc1. The highest BCUT2D eigenvalue weighted by Gasteiger charge is 2.17. The first-order chi connectivity index (χ1) is 17.2. The van der Waals surface area contributed by atoms with E-state index >= 15 is 0 Å². The summed E-state index contributed by atoms with van der Waals surface area (Å²) in [5.74, 6) is 1.30. The molecule has 3 nitrogen and oxygen atoms in total. The zero-order chi connectivity index (χ0) is 24.5. The number of esters is 1. The third-order valence-corrected chi connectivity index (χ3v) is 5.79. The van der Waals surface area contributed by atoms with E-state index in [0.717, 1.165) is 34.4 Å². The molecule has 4 aromatic rings. The van der Waals surface area contributed by atoms with Crippen LogP contribution < -0.4 is 9.47 Å². The van der Waals surface area contributed by atoms with E-state index in [1.165, 1.54) is 5.57 Å². The van der Waals surface area contributed by atoms with Gasteiger partial charge in [0.2, 0.25) is 0 Å². The maximum Gasteiger partial charge on any atom is 0.343 e. The first-order valence-electron chi connectivity index (χ1n) is 11.7. The predicted molar refractivity (Wildman–Crippen MR) is 143 cm³/mol. The van der Waals surface area contributed by atoms with Crippen LogP contribution in [0.5, 0.6) is 11.5 Å². The van der Waals surface area contributed by atoms with E-state index in [1.54, 1.807) is 12.1 Å². The fourth-order valence-corrected chi connectivity index (χ4v) is 4.11. The third-order valence-electron chi connectivity index (χ3n) is 5.63. The number of carbonyl (C=O) groups is 1. The molecule has 0 aliphatic rings. The van der Waals surface area contributed by atoms with Gasteiger partial charge < -0.3 is 9.47 Å². The van der Waals surface area contributed by atoms with Gasteiger partial charge in [0.1, 0.15) is 18.1 Å². The van der Waals surface area contributed by atoms with Crippen LogP contribution in [0.2, 0.25) is 0 Å². The average molecular weight is 483 g/mol. The monoisotopic (exact) mass is 482 g/mol. The molecule has 0 radical (unpaired) electrons. The normalized spacial score (nSPS) is 11.5. The Bertz CT molecular complexity index is 1280. The van der Waals surface area contributed by atoms with Crippen LogP contribution >= 0.6 is 11.6 Å². The molecule has 0 saturated heterocycles. The highest BCUT2D eigenvalue weighted by molar-refractivity contribution is 6.18. The van der Waals surface area contributed by atoms with Crippen molar-refractivity contribution >= 4 is 28.7 Å². The second-order valence-electron chi connectivity index (χ2n) is 7.89. The second-order valence-corrected chi connectivity index (χ2v) is 8.26. The van der Waals surface area contributed by atoms with Gasteiger partial charge in [-0.1, -0.05) is 85.8 Å². The van der Waals surface area contributed by atoms with E-state index in [2.05, 4.69) is 25.1 Å². The van der Waals surface area contributed by atoms with Crippen LogP contribution in [-0.4, -0.2) is 18.5 Å². The fraction of sp³-hybridized carbons (Fsp3) is 0.129. The molecule has 0 amide bonds. The van der Waals surface area contributed by atoms with Crippen LogP contribution in [0.15, 0.2) is 109 Å². The number of alkyl halides is 1. The summed E-state index contributed by atoms with van der Waals surface area (Å²) < 4.78 is 11.6. The number of allylic oxidation sites excluding steroid dienone is 1. The van der Waals surface area contributed by atoms with E-state index < -0.39 is 0 Å². The maximum atomic E-state index is 12.5. The van der Waals surface area contributed by atoms with E-state index in [4.69, 9.17) is 21.1 Å². The zero-order valence-corrected chi connectivity index (χ0v) is 20.4. The molecule has 0 spiro atoms. The van der Waals surface area contributed by atoms with Crippen molar-refractivity contribution in [1.82, 2.24) is 0 Å². The van der Waals surface area contributed by atoms with Gasteiger partial charge in [-0.05, 0) is 59.0 Å². The minimum Gasteiger partial charge on any atom is -0.492 e. The molecule has 0 bridgehead atoms. The molecule has 0 fully saturated rings. The molecule has 4 aromatic carbocycles. The third kappa shape index (κ3) is 6.00. The van der Waals surface area contributed by atoms with Gasteiger partial charge in [-0.3, -0.25) is 0 Å². The van der Waals surface area contributed by atoms with Crippen LogP contribution in [0.25, 0.3) is 11.1 Å². The molecule has 4 rings (SSSR count). The van der Waals surface area contributed by atoms with Crippen LogP contribution in [0.3, 0.4) is 0 Å². The molecule has 0 atom stereocenters. The van der Waals surface area contributed by atoms with Crippen molar-refractivity contribution in [3.63, 3.8) is 0 Å². The molecule has 0 heterocycles. The number of rotatable bonds is 9. The lowest BCUT2D eigenvalue weighted by molar-refractivity contribution is 0.0734. The summed E-state index contributed by atoms with van der Waals surface area (Å²) in [7, 11) is 0. The summed E-state index contributed by atoms with van der Waals surface area (Å²) in [6.45, 7) is 2.58. The predicted octanol–water partition coefficient (Wildman–Crippen LogP) is 7.89. The lowest BCUT2D eigenvalue weighted by Crippen LogP contribution is -2.08. The highest BCUT2D eigenvalue weighted by atomic mass is 35.5. The second kappa shape index (κ2) is 12.0.